The molecule has 0 aromatic heterocycles. The van der Waals surface area contributed by atoms with E-state index in [1.165, 1.54) is 12.1 Å². The molecule has 0 aliphatic rings. The molecule has 3 rings (SSSR count). The van der Waals surface area contributed by atoms with Crippen molar-refractivity contribution in [3.63, 3.8) is 0 Å². The van der Waals surface area contributed by atoms with Gasteiger partial charge >= 0.3 is 0 Å². The lowest BCUT2D eigenvalue weighted by atomic mass is 9.54. The van der Waals surface area contributed by atoms with E-state index in [9.17, 15) is 26.3 Å². The molecule has 0 atom stereocenters. The highest BCUT2D eigenvalue weighted by molar-refractivity contribution is 7.82. The summed E-state index contributed by atoms with van der Waals surface area (Å²) in [4.78, 5) is 0. The lowest BCUT2D eigenvalue weighted by molar-refractivity contribution is 0.379. The molecule has 0 saturated heterocycles. The second kappa shape index (κ2) is 10.4. The van der Waals surface area contributed by atoms with Crippen LogP contribution in [-0.2, 0) is 4.44 Å². The maximum atomic E-state index is 15.2. The Morgan fingerprint density at radius 1 is 0.487 bits per heavy atom. The summed E-state index contributed by atoms with van der Waals surface area (Å²) in [6.07, 6.45) is 0. The Morgan fingerprint density at radius 3 is 1.05 bits per heavy atom. The first-order chi connectivity index (χ1) is 17.8. The van der Waals surface area contributed by atoms with Gasteiger partial charge in [-0.15, -0.1) is 0 Å². The summed E-state index contributed by atoms with van der Waals surface area (Å²) >= 11 is 0. The van der Waals surface area contributed by atoms with Gasteiger partial charge in [-0.2, -0.15) is 0 Å². The van der Waals surface area contributed by atoms with Gasteiger partial charge in [-0.3, -0.25) is 0 Å². The lowest BCUT2D eigenvalue weighted by Gasteiger charge is -2.50. The molecule has 0 N–H and O–H groups in total. The van der Waals surface area contributed by atoms with Crippen LogP contribution >= 0.6 is 7.49 Å². The van der Waals surface area contributed by atoms with Crippen LogP contribution in [0.3, 0.4) is 0 Å². The number of benzene rings is 3. The SMILES string of the molecule is CC(C)(C)[P+](O[BH-](c1c(F)c(F)c(F)c(F)c1F)c1c(F)c(F)c(F)c(F)c1F)(c1ccccc1)C(C)(C)C. The molecular weight excluding hydrogens is 560 g/mol. The van der Waals surface area contributed by atoms with Crippen molar-refractivity contribution in [1.29, 1.82) is 0 Å². The molecule has 0 amide bonds. The van der Waals surface area contributed by atoms with Crippen LogP contribution in [0.2, 0.25) is 0 Å². The Balaban J connectivity index is 2.59. The van der Waals surface area contributed by atoms with E-state index in [1.54, 1.807) is 59.7 Å². The van der Waals surface area contributed by atoms with Crippen LogP contribution in [-0.4, -0.2) is 17.2 Å². The van der Waals surface area contributed by atoms with Gasteiger partial charge in [0.15, 0.2) is 34.9 Å². The van der Waals surface area contributed by atoms with Crippen LogP contribution in [0.15, 0.2) is 30.3 Å². The smallest absolute Gasteiger partial charge is 0.219 e. The molecule has 39 heavy (non-hydrogen) atoms. The van der Waals surface area contributed by atoms with Crippen LogP contribution in [0.25, 0.3) is 0 Å². The maximum Gasteiger partial charge on any atom is 0.219 e. The first kappa shape index (κ1) is 30.9. The normalized spacial score (nSPS) is 12.9. The van der Waals surface area contributed by atoms with Gasteiger partial charge in [0.05, 0.1) is 10.3 Å². The molecule has 0 aliphatic heterocycles. The highest BCUT2D eigenvalue weighted by atomic mass is 31.2. The van der Waals surface area contributed by atoms with Crippen molar-refractivity contribution in [3.8, 4) is 0 Å². The third kappa shape index (κ3) is 4.84. The second-order valence-electron chi connectivity index (χ2n) is 11.0. The van der Waals surface area contributed by atoms with Crippen LogP contribution in [0.5, 0.6) is 0 Å². The molecule has 0 fully saturated rings. The van der Waals surface area contributed by atoms with Crippen LogP contribution in [0, 0.1) is 58.2 Å². The molecule has 0 radical (unpaired) electrons. The predicted molar refractivity (Wildman–Crippen MR) is 132 cm³/mol. The summed E-state index contributed by atoms with van der Waals surface area (Å²) in [6, 6.07) is 7.82. The number of hydrogen-bond acceptors (Lipinski definition) is 1. The average molecular weight is 584 g/mol. The summed E-state index contributed by atoms with van der Waals surface area (Å²) < 4.78 is 152. The molecule has 0 saturated carbocycles. The quantitative estimate of drug-likeness (QED) is 0.106. The van der Waals surface area contributed by atoms with Crippen molar-refractivity contribution in [3.05, 3.63) is 88.5 Å². The summed E-state index contributed by atoms with van der Waals surface area (Å²) in [7, 11) is -3.57. The molecule has 0 spiro atoms. The fourth-order valence-corrected chi connectivity index (χ4v) is 11.0. The third-order valence-electron chi connectivity index (χ3n) is 6.58. The third-order valence-corrected chi connectivity index (χ3v) is 12.0. The highest BCUT2D eigenvalue weighted by Crippen LogP contribution is 2.76. The Hall–Kier alpha value is -2.59. The first-order valence-electron chi connectivity index (χ1n) is 11.6. The Kier molecular flexibility index (Phi) is 8.28. The molecule has 0 aliphatic carbocycles. The highest BCUT2D eigenvalue weighted by Gasteiger charge is 2.60. The molecule has 1 nitrogen and oxygen atoms in total. The summed E-state index contributed by atoms with van der Waals surface area (Å²) in [5.74, 6) is -25.1. The standard InChI is InChI=1S/C26H24BF10OP/c1-25(2,3)39(26(4,5)6,12-10-8-7-9-11-12)38-27(13-15(28)19(32)23(36)20(33)16(13)29)14-17(30)21(34)24(37)22(35)18(14)31/h7-11,27H,1-6H3. The van der Waals surface area contributed by atoms with Gasteiger partial charge in [0, 0.05) is 0 Å². The first-order valence-corrected chi connectivity index (χ1v) is 13.4. The topological polar surface area (TPSA) is 9.23 Å². The van der Waals surface area contributed by atoms with Crippen LogP contribution in [0.4, 0.5) is 43.9 Å². The molecule has 212 valence electrons. The molecule has 0 bridgehead atoms. The van der Waals surface area contributed by atoms with Crippen molar-refractivity contribution < 1.29 is 48.3 Å². The average Bonchev–Trinajstić information content (AvgIpc) is 2.85. The number of halogens is 10. The van der Waals surface area contributed by atoms with Gasteiger partial charge in [-0.25, -0.2) is 43.9 Å². The van der Waals surface area contributed by atoms with Crippen molar-refractivity contribution in [1.82, 2.24) is 0 Å². The minimum atomic E-state index is -4.18. The van der Waals surface area contributed by atoms with Gasteiger partial charge in [0.1, 0.15) is 36.1 Å². The Bertz CT molecular complexity index is 1280. The molecule has 13 heteroatoms. The van der Waals surface area contributed by atoms with Gasteiger partial charge in [-0.05, 0) is 53.7 Å². The summed E-state index contributed by atoms with van der Waals surface area (Å²) in [5, 5.41) is -1.77. The van der Waals surface area contributed by atoms with E-state index in [0.717, 1.165) is 0 Å². The van der Waals surface area contributed by atoms with Crippen molar-refractivity contribution >= 4 is 30.6 Å². The largest absolute Gasteiger partial charge is 0.430 e. The number of rotatable bonds is 5. The van der Waals surface area contributed by atoms with E-state index in [2.05, 4.69) is 0 Å². The number of hydrogen-bond donors (Lipinski definition) is 0. The molecule has 0 heterocycles. The lowest BCUT2D eigenvalue weighted by Crippen LogP contribution is -2.56. The second-order valence-corrected chi connectivity index (χ2v) is 15.7. The monoisotopic (exact) mass is 584 g/mol. The maximum absolute atomic E-state index is 15.2. The van der Waals surface area contributed by atoms with E-state index >= 15 is 17.6 Å². The minimum Gasteiger partial charge on any atom is -0.430 e. The van der Waals surface area contributed by atoms with E-state index < -0.39 is 93.8 Å². The van der Waals surface area contributed by atoms with E-state index in [0.29, 0.717) is 5.30 Å². The summed E-state index contributed by atoms with van der Waals surface area (Å²) in [5.41, 5.74) is -3.63. The zero-order chi connectivity index (χ0) is 29.8. The molecule has 3 aromatic carbocycles. The fourth-order valence-electron chi connectivity index (χ4n) is 5.24. The zero-order valence-corrected chi connectivity index (χ0v) is 22.6. The van der Waals surface area contributed by atoms with E-state index in [1.807, 2.05) is 0 Å². The molecule has 0 unspecified atom stereocenters. The molecule has 3 aromatic rings. The van der Waals surface area contributed by atoms with Crippen LogP contribution < -0.4 is 16.2 Å². The minimum absolute atomic E-state index is 0.357. The summed E-state index contributed by atoms with van der Waals surface area (Å²) in [6.45, 7) is 5.53. The van der Waals surface area contributed by atoms with E-state index in [4.69, 9.17) is 4.44 Å². The van der Waals surface area contributed by atoms with Crippen molar-refractivity contribution in [2.45, 2.75) is 51.9 Å². The van der Waals surface area contributed by atoms with Gasteiger partial charge < -0.3 is 4.44 Å². The van der Waals surface area contributed by atoms with Gasteiger partial charge in [0.2, 0.25) is 6.92 Å². The van der Waals surface area contributed by atoms with Crippen molar-refractivity contribution in [2.24, 2.45) is 0 Å². The van der Waals surface area contributed by atoms with Crippen molar-refractivity contribution in [2.75, 3.05) is 0 Å². The Labute approximate surface area is 219 Å². The predicted octanol–water partition coefficient (Wildman–Crippen LogP) is 6.79. The van der Waals surface area contributed by atoms with Gasteiger partial charge in [0.25, 0.3) is 0 Å². The van der Waals surface area contributed by atoms with E-state index in [-0.39, 0.29) is 0 Å². The molecular formula is C26H24BF10OP. The Morgan fingerprint density at radius 2 is 0.769 bits per heavy atom. The van der Waals surface area contributed by atoms with Gasteiger partial charge in [-0.1, -0.05) is 29.1 Å². The zero-order valence-electron chi connectivity index (χ0n) is 21.7. The van der Waals surface area contributed by atoms with Crippen LogP contribution in [0.1, 0.15) is 41.5 Å². The fraction of sp³-hybridized carbons (Fsp3) is 0.308.